The minimum atomic E-state index is -10.7. The van der Waals surface area contributed by atoms with Gasteiger partial charge in [-0.15, -0.1) is 0 Å². The number of benzene rings is 2. The quantitative estimate of drug-likeness (QED) is 0.148. The molecule has 2 nitrogen and oxygen atoms in total. The first-order valence-corrected chi connectivity index (χ1v) is 17.2. The molecule has 281 valence electrons. The zero-order valence-electron chi connectivity index (χ0n) is 22.4. The van der Waals surface area contributed by atoms with Crippen molar-refractivity contribution < 1.29 is 104 Å². The molecule has 0 unspecified atom stereocenters. The Morgan fingerprint density at radius 3 is 0.708 bits per heavy atom. The number of aromatic nitrogens is 2. The van der Waals surface area contributed by atoms with Crippen LogP contribution in [0.25, 0.3) is 22.5 Å². The smallest absolute Gasteiger partial charge is 0.123 e. The van der Waals surface area contributed by atoms with Gasteiger partial charge in [-0.2, -0.15) is 0 Å². The fraction of sp³-hybridized carbons (Fsp3) is 0. The Kier molecular flexibility index (Phi) is 13.4. The number of halogens is 20. The number of nitrogens with zero attached hydrogens (tertiary/aromatic N) is 2. The molecule has 0 bridgehead atoms. The van der Waals surface area contributed by atoms with Crippen LogP contribution < -0.4 is 0 Å². The van der Waals surface area contributed by atoms with E-state index in [-0.39, 0.29) is 31.7 Å². The molecule has 1 radical (unpaired) electrons. The van der Waals surface area contributed by atoms with Gasteiger partial charge in [0.25, 0.3) is 0 Å². The van der Waals surface area contributed by atoms with E-state index in [0.717, 1.165) is 22.5 Å². The summed E-state index contributed by atoms with van der Waals surface area (Å²) in [6.45, 7) is 0. The van der Waals surface area contributed by atoms with Gasteiger partial charge < -0.3 is 0 Å². The zero-order valence-corrected chi connectivity index (χ0v) is 27.4. The van der Waals surface area contributed by atoms with Crippen molar-refractivity contribution in [3.05, 3.63) is 109 Å². The van der Waals surface area contributed by atoms with Crippen molar-refractivity contribution in [2.24, 2.45) is 0 Å². The van der Waals surface area contributed by atoms with E-state index in [1.54, 1.807) is 36.7 Å². The number of rotatable bonds is 2. The molecule has 0 saturated heterocycles. The van der Waals surface area contributed by atoms with Gasteiger partial charge in [0.1, 0.15) is 11.6 Å². The zero-order chi connectivity index (χ0) is 37.4. The number of pyridine rings is 2. The minimum Gasteiger partial charge on any atom is -0.256 e. The molecule has 0 N–H and O–H groups in total. The Hall–Kier alpha value is -2.72. The van der Waals surface area contributed by atoms with Crippen LogP contribution in [0.15, 0.2) is 97.3 Å². The maximum Gasteiger partial charge on any atom is 0.123 e. The summed E-state index contributed by atoms with van der Waals surface area (Å²) < 4.78 is 203. The molecule has 0 atom stereocenters. The molecule has 2 aromatic carbocycles. The summed E-state index contributed by atoms with van der Waals surface area (Å²) in [5.74, 6) is -0.445. The van der Waals surface area contributed by atoms with Gasteiger partial charge in [-0.05, 0) is 72.8 Å². The van der Waals surface area contributed by atoms with Gasteiger partial charge in [-0.25, -0.2) is 8.78 Å². The average Bonchev–Trinajstić information content (AvgIpc) is 2.81. The fourth-order valence-electron chi connectivity index (χ4n) is 2.31. The van der Waals surface area contributed by atoms with Gasteiger partial charge in [0, 0.05) is 43.6 Å². The van der Waals surface area contributed by atoms with E-state index in [0.29, 0.717) is 0 Å². The Labute approximate surface area is 269 Å². The third kappa shape index (κ3) is 45.4. The number of hydrogen-bond donors (Lipinski definition) is 0. The number of hydrogen-bond acceptors (Lipinski definition) is 2. The second-order valence-corrected chi connectivity index (χ2v) is 14.1. The predicted molar refractivity (Wildman–Crippen MR) is 140 cm³/mol. The Bertz CT molecular complexity index is 1380. The third-order valence-corrected chi connectivity index (χ3v) is 3.61. The van der Waals surface area contributed by atoms with Crippen LogP contribution in [0.1, 0.15) is 0 Å². The Morgan fingerprint density at radius 2 is 0.542 bits per heavy atom. The van der Waals surface area contributed by atoms with Crippen molar-refractivity contribution in [1.82, 2.24) is 9.97 Å². The summed E-state index contributed by atoms with van der Waals surface area (Å²) in [4.78, 5) is 8.31. The van der Waals surface area contributed by atoms with Crippen molar-refractivity contribution in [2.45, 2.75) is 0 Å². The molecular weight excluding hydrogens is 957 g/mol. The molecule has 0 aliphatic carbocycles. The van der Waals surface area contributed by atoms with Crippen LogP contribution in [0.3, 0.4) is 0 Å². The molecule has 0 fully saturated rings. The van der Waals surface area contributed by atoms with Crippen LogP contribution in [0.5, 0.6) is 0 Å². The summed E-state index contributed by atoms with van der Waals surface area (Å²) in [6.07, 6.45) is 3.44. The molecule has 2 heterocycles. The van der Waals surface area contributed by atoms with Gasteiger partial charge in [0.2, 0.25) is 0 Å². The van der Waals surface area contributed by atoms with Gasteiger partial charge >= 0.3 is 99.0 Å². The summed E-state index contributed by atoms with van der Waals surface area (Å²) in [6, 6.07) is 23.9. The van der Waals surface area contributed by atoms with Crippen LogP contribution in [0, 0.1) is 11.6 Å². The first-order chi connectivity index (χ1) is 20.1. The Balaban J connectivity index is 0. The minimum absolute atomic E-state index is 0. The van der Waals surface area contributed by atoms with Crippen LogP contribution in [-0.4, -0.2) is 9.97 Å². The summed E-state index contributed by atoms with van der Waals surface area (Å²) in [7, 11) is -32.0. The topological polar surface area (TPSA) is 25.8 Å². The first-order valence-electron chi connectivity index (χ1n) is 11.1. The normalized spacial score (nSPS) is 15.5. The van der Waals surface area contributed by atoms with Gasteiger partial charge in [-0.3, -0.25) is 9.97 Å². The second-order valence-electron chi connectivity index (χ2n) is 8.32. The van der Waals surface area contributed by atoms with Gasteiger partial charge in [0.15, 0.2) is 0 Å². The van der Waals surface area contributed by atoms with Crippen LogP contribution >= 0.6 is 23.4 Å². The molecule has 2 aromatic heterocycles. The van der Waals surface area contributed by atoms with E-state index in [9.17, 15) is 84.3 Å². The van der Waals surface area contributed by atoms with Crippen LogP contribution in [0.4, 0.5) is 84.3 Å². The van der Waals surface area contributed by atoms with Crippen molar-refractivity contribution in [3.63, 3.8) is 0 Å². The Morgan fingerprint density at radius 1 is 0.333 bits per heavy atom. The molecule has 0 saturated carbocycles. The largest absolute Gasteiger partial charge is 0.256 e. The molecule has 4 aromatic rings. The summed E-state index contributed by atoms with van der Waals surface area (Å²) in [5, 5.41) is 0. The first kappa shape index (κ1) is 47.4. The van der Waals surface area contributed by atoms with Crippen LogP contribution in [0.2, 0.25) is 0 Å². The molecule has 26 heteroatoms. The van der Waals surface area contributed by atoms with Crippen molar-refractivity contribution >= 4 is 23.4 Å². The van der Waals surface area contributed by atoms with Gasteiger partial charge in [-0.1, -0.05) is 12.1 Å². The van der Waals surface area contributed by atoms with Gasteiger partial charge in [0.05, 0.1) is 11.4 Å². The van der Waals surface area contributed by atoms with E-state index >= 15 is 0 Å². The van der Waals surface area contributed by atoms with Crippen molar-refractivity contribution in [3.8, 4) is 22.5 Å². The van der Waals surface area contributed by atoms with Crippen LogP contribution in [-0.2, 0) is 20.1 Å². The second kappa shape index (κ2) is 13.5. The summed E-state index contributed by atoms with van der Waals surface area (Å²) >= 11 is 0. The van der Waals surface area contributed by atoms with Crippen molar-refractivity contribution in [1.29, 1.82) is 0 Å². The maximum absolute atomic E-state index is 12.6. The maximum atomic E-state index is 12.6. The molecule has 4 rings (SSSR count). The molecule has 0 amide bonds. The van der Waals surface area contributed by atoms with E-state index < -0.39 is 23.4 Å². The molecule has 0 aliphatic rings. The summed E-state index contributed by atoms with van der Waals surface area (Å²) in [5.41, 5.74) is 3.59. The van der Waals surface area contributed by atoms with E-state index in [1.807, 2.05) is 36.4 Å². The molecule has 0 aliphatic heterocycles. The monoisotopic (exact) mass is 974 g/mol. The fourth-order valence-corrected chi connectivity index (χ4v) is 2.31. The van der Waals surface area contributed by atoms with E-state index in [2.05, 4.69) is 9.97 Å². The third-order valence-electron chi connectivity index (χ3n) is 3.61. The molecular formula is C22H16F20IrN2P3-3. The average molecular weight is 973 g/mol. The molecule has 48 heavy (non-hydrogen) atoms. The van der Waals surface area contributed by atoms with E-state index in [1.165, 1.54) is 24.3 Å². The van der Waals surface area contributed by atoms with E-state index in [4.69, 9.17) is 0 Å². The predicted octanol–water partition coefficient (Wildman–Crippen LogP) is 15.9. The van der Waals surface area contributed by atoms with Crippen molar-refractivity contribution in [2.75, 3.05) is 0 Å². The molecule has 0 spiro atoms. The SMILES string of the molecule is F[P-](F)(F)(F)(F)F.F[P-](F)(F)(F)(F)F.F[P-](F)(F)(F)(F)F.Fc1ccc(-c2ccccn2)cc1.Fc1ccc(-c2ccccn2)cc1.[Ir]. The standard InChI is InChI=1S/2C11H8FN.3F6P.Ir/c2*12-10-6-4-9(5-7-10)11-3-1-2-8-13-11;3*1-7(2,3,4,5)6;/h2*1-8H;;;;/q;;3*-1;.